The predicted octanol–water partition coefficient (Wildman–Crippen LogP) is 4.18. The van der Waals surface area contributed by atoms with Crippen LogP contribution in [0.15, 0.2) is 66.7 Å². The van der Waals surface area contributed by atoms with E-state index in [9.17, 15) is 4.79 Å². The molecule has 0 saturated heterocycles. The van der Waals surface area contributed by atoms with Crippen molar-refractivity contribution < 1.29 is 14.3 Å². The van der Waals surface area contributed by atoms with Gasteiger partial charge in [0.25, 0.3) is 0 Å². The summed E-state index contributed by atoms with van der Waals surface area (Å²) < 4.78 is 10.5. The molecular formula is C24H18O3. The number of methoxy groups -OCH3 is 1. The van der Waals surface area contributed by atoms with E-state index in [1.54, 1.807) is 7.11 Å². The summed E-state index contributed by atoms with van der Waals surface area (Å²) in [6.45, 7) is 0.197. The number of carbonyl (C=O) groups excluding carboxylic acids is 1. The molecule has 3 aromatic rings. The fraction of sp³-hybridized carbons (Fsp3) is 0.125. The lowest BCUT2D eigenvalue weighted by Gasteiger charge is -2.06. The predicted molar refractivity (Wildman–Crippen MR) is 106 cm³/mol. The number of esters is 1. The molecule has 0 radical (unpaired) electrons. The maximum atomic E-state index is 11.7. The number of benzene rings is 3. The molecule has 0 heterocycles. The monoisotopic (exact) mass is 354 g/mol. The Morgan fingerprint density at radius 3 is 2.52 bits per heavy atom. The van der Waals surface area contributed by atoms with Crippen molar-refractivity contribution in [2.45, 2.75) is 6.42 Å². The molecule has 0 N–H and O–H groups in total. The van der Waals surface area contributed by atoms with Gasteiger partial charge in [-0.2, -0.15) is 0 Å². The van der Waals surface area contributed by atoms with Crippen LogP contribution in [0, 0.1) is 23.7 Å². The zero-order chi connectivity index (χ0) is 18.9. The van der Waals surface area contributed by atoms with E-state index in [4.69, 9.17) is 9.47 Å². The second-order valence-electron chi connectivity index (χ2n) is 5.67. The van der Waals surface area contributed by atoms with E-state index in [1.807, 2.05) is 66.7 Å². The molecule has 0 aliphatic rings. The maximum Gasteiger partial charge on any atom is 0.384 e. The topological polar surface area (TPSA) is 35.5 Å². The van der Waals surface area contributed by atoms with Gasteiger partial charge in [-0.05, 0) is 23.6 Å². The first-order chi connectivity index (χ1) is 13.3. The molecule has 0 aliphatic carbocycles. The molecule has 132 valence electrons. The van der Waals surface area contributed by atoms with Gasteiger partial charge in [0.15, 0.2) is 0 Å². The average molecular weight is 354 g/mol. The summed E-state index contributed by atoms with van der Waals surface area (Å²) in [4.78, 5) is 11.7. The third-order valence-corrected chi connectivity index (χ3v) is 3.87. The van der Waals surface area contributed by atoms with Crippen LogP contribution in [-0.4, -0.2) is 19.7 Å². The molecular weight excluding hydrogens is 336 g/mol. The first-order valence-electron chi connectivity index (χ1n) is 8.56. The third kappa shape index (κ3) is 4.91. The lowest BCUT2D eigenvalue weighted by atomic mass is 10.0. The summed E-state index contributed by atoms with van der Waals surface area (Å²) in [6.07, 6.45) is 0.422. The zero-order valence-electron chi connectivity index (χ0n) is 15.0. The van der Waals surface area contributed by atoms with E-state index in [0.717, 1.165) is 27.6 Å². The van der Waals surface area contributed by atoms with Crippen LogP contribution >= 0.6 is 0 Å². The second kappa shape index (κ2) is 9.13. The number of ether oxygens (including phenoxy) is 2. The molecule has 3 nitrogen and oxygen atoms in total. The van der Waals surface area contributed by atoms with E-state index in [1.165, 1.54) is 0 Å². The Balaban J connectivity index is 1.61. The van der Waals surface area contributed by atoms with Gasteiger partial charge in [-0.25, -0.2) is 4.79 Å². The SMILES string of the molecule is COc1ccc2ccccc2c1C#CCCOC(=O)C#Cc1ccccc1. The first kappa shape index (κ1) is 18.1. The Morgan fingerprint density at radius 1 is 0.926 bits per heavy atom. The van der Waals surface area contributed by atoms with Gasteiger partial charge in [-0.1, -0.05) is 66.3 Å². The minimum atomic E-state index is -0.552. The quantitative estimate of drug-likeness (QED) is 0.402. The van der Waals surface area contributed by atoms with Gasteiger partial charge < -0.3 is 9.47 Å². The highest BCUT2D eigenvalue weighted by Crippen LogP contribution is 2.26. The fourth-order valence-electron chi connectivity index (χ4n) is 2.58. The molecule has 0 aromatic heterocycles. The van der Waals surface area contributed by atoms with Crippen molar-refractivity contribution in [1.29, 1.82) is 0 Å². The van der Waals surface area contributed by atoms with Gasteiger partial charge in [0, 0.05) is 23.3 Å². The van der Waals surface area contributed by atoms with E-state index in [0.29, 0.717) is 6.42 Å². The minimum absolute atomic E-state index is 0.197. The lowest BCUT2D eigenvalue weighted by molar-refractivity contribution is -0.136. The van der Waals surface area contributed by atoms with Gasteiger partial charge in [0.1, 0.15) is 12.4 Å². The van der Waals surface area contributed by atoms with Crippen LogP contribution in [0.2, 0.25) is 0 Å². The fourth-order valence-corrected chi connectivity index (χ4v) is 2.58. The van der Waals surface area contributed by atoms with Crippen LogP contribution in [0.1, 0.15) is 17.5 Å². The Morgan fingerprint density at radius 2 is 1.70 bits per heavy atom. The summed E-state index contributed by atoms with van der Waals surface area (Å²) in [5.41, 5.74) is 1.61. The minimum Gasteiger partial charge on any atom is -0.495 e. The smallest absolute Gasteiger partial charge is 0.384 e. The molecule has 3 aromatic carbocycles. The normalized spacial score (nSPS) is 9.52. The van der Waals surface area contributed by atoms with Crippen molar-refractivity contribution >= 4 is 16.7 Å². The van der Waals surface area contributed by atoms with E-state index < -0.39 is 5.97 Å². The first-order valence-corrected chi connectivity index (χ1v) is 8.56. The summed E-state index contributed by atoms with van der Waals surface area (Å²) in [5, 5.41) is 2.14. The largest absolute Gasteiger partial charge is 0.495 e. The molecule has 0 fully saturated rings. The number of carbonyl (C=O) groups is 1. The Labute approximate surface area is 158 Å². The standard InChI is InChI=1S/C24H18O3/c1-26-23-16-15-20-11-5-6-12-21(20)22(23)13-7-8-18-27-24(25)17-14-19-9-3-2-4-10-19/h2-6,9-12,15-16H,8,18H2,1H3. The number of hydrogen-bond acceptors (Lipinski definition) is 3. The van der Waals surface area contributed by atoms with Crippen molar-refractivity contribution in [2.75, 3.05) is 13.7 Å². The molecule has 0 unspecified atom stereocenters. The van der Waals surface area contributed by atoms with Crippen LogP contribution in [0.4, 0.5) is 0 Å². The third-order valence-electron chi connectivity index (χ3n) is 3.87. The highest BCUT2D eigenvalue weighted by molar-refractivity contribution is 5.90. The molecule has 27 heavy (non-hydrogen) atoms. The molecule has 0 bridgehead atoms. The Hall–Kier alpha value is -3.69. The van der Waals surface area contributed by atoms with Crippen molar-refractivity contribution in [2.24, 2.45) is 0 Å². The Bertz CT molecular complexity index is 1060. The zero-order valence-corrected chi connectivity index (χ0v) is 15.0. The molecule has 0 spiro atoms. The van der Waals surface area contributed by atoms with E-state index in [2.05, 4.69) is 23.7 Å². The van der Waals surface area contributed by atoms with E-state index >= 15 is 0 Å². The second-order valence-corrected chi connectivity index (χ2v) is 5.67. The lowest BCUT2D eigenvalue weighted by Crippen LogP contribution is -2.02. The van der Waals surface area contributed by atoms with Gasteiger partial charge >= 0.3 is 5.97 Å². The molecule has 3 heteroatoms. The molecule has 0 aliphatic heterocycles. The van der Waals surface area contributed by atoms with Crippen molar-refractivity contribution in [3.05, 3.63) is 77.9 Å². The summed E-state index contributed by atoms with van der Waals surface area (Å²) in [6, 6.07) is 21.2. The van der Waals surface area contributed by atoms with Crippen LogP contribution in [0.25, 0.3) is 10.8 Å². The average Bonchev–Trinajstić information content (AvgIpc) is 2.72. The van der Waals surface area contributed by atoms with Gasteiger partial charge in [-0.3, -0.25) is 0 Å². The van der Waals surface area contributed by atoms with Crippen molar-refractivity contribution in [1.82, 2.24) is 0 Å². The molecule has 0 amide bonds. The summed E-state index contributed by atoms with van der Waals surface area (Å²) in [7, 11) is 1.63. The van der Waals surface area contributed by atoms with Crippen molar-refractivity contribution in [3.8, 4) is 29.4 Å². The number of hydrogen-bond donors (Lipinski definition) is 0. The van der Waals surface area contributed by atoms with E-state index in [-0.39, 0.29) is 6.61 Å². The molecule has 0 atom stereocenters. The van der Waals surface area contributed by atoms with Crippen LogP contribution in [0.5, 0.6) is 5.75 Å². The summed E-state index contributed by atoms with van der Waals surface area (Å²) in [5.74, 6) is 11.6. The molecule has 0 saturated carbocycles. The van der Waals surface area contributed by atoms with Crippen LogP contribution < -0.4 is 4.74 Å². The van der Waals surface area contributed by atoms with Gasteiger partial charge in [0.2, 0.25) is 0 Å². The number of fused-ring (bicyclic) bond motifs is 1. The van der Waals surface area contributed by atoms with Gasteiger partial charge in [0.05, 0.1) is 12.7 Å². The molecule has 3 rings (SSSR count). The van der Waals surface area contributed by atoms with Gasteiger partial charge in [-0.15, -0.1) is 0 Å². The highest BCUT2D eigenvalue weighted by Gasteiger charge is 2.05. The van der Waals surface area contributed by atoms with Crippen molar-refractivity contribution in [3.63, 3.8) is 0 Å². The van der Waals surface area contributed by atoms with Crippen LogP contribution in [0.3, 0.4) is 0 Å². The Kier molecular flexibility index (Phi) is 6.13. The summed E-state index contributed by atoms with van der Waals surface area (Å²) >= 11 is 0. The number of rotatable bonds is 3. The highest BCUT2D eigenvalue weighted by atomic mass is 16.5. The maximum absolute atomic E-state index is 11.7. The van der Waals surface area contributed by atoms with Crippen LogP contribution in [-0.2, 0) is 9.53 Å².